The van der Waals surface area contributed by atoms with Gasteiger partial charge in [-0.3, -0.25) is 14.3 Å². The standard InChI is InChI=1S/C13H17FN2O2S/c1-19(18)8-4-7-16-12(17)9-15-13(16)10-5-2-3-6-11(10)14/h2-3,5-6,13,15H,4,7-9H2,1H3. The molecule has 0 aliphatic carbocycles. The molecule has 0 aromatic heterocycles. The first kappa shape index (κ1) is 14.1. The predicted octanol–water partition coefficient (Wildman–Crippen LogP) is 1.02. The van der Waals surface area contributed by atoms with E-state index < -0.39 is 17.0 Å². The van der Waals surface area contributed by atoms with E-state index in [1.807, 2.05) is 0 Å². The summed E-state index contributed by atoms with van der Waals surface area (Å²) in [5.74, 6) is 0.183. The second-order valence-corrected chi connectivity index (χ2v) is 6.08. The first-order chi connectivity index (χ1) is 9.09. The van der Waals surface area contributed by atoms with Gasteiger partial charge in [0.2, 0.25) is 5.91 Å². The lowest BCUT2D eigenvalue weighted by atomic mass is 10.1. The lowest BCUT2D eigenvalue weighted by Gasteiger charge is -2.24. The number of rotatable bonds is 5. The number of carbonyl (C=O) groups excluding carboxylic acids is 1. The maximum absolute atomic E-state index is 13.8. The van der Waals surface area contributed by atoms with Crippen LogP contribution in [-0.4, -0.2) is 40.1 Å². The summed E-state index contributed by atoms with van der Waals surface area (Å²) in [6.07, 6.45) is 1.87. The molecule has 1 aliphatic heterocycles. The Balaban J connectivity index is 2.09. The molecule has 1 saturated heterocycles. The molecule has 1 amide bonds. The van der Waals surface area contributed by atoms with Gasteiger partial charge < -0.3 is 4.90 Å². The van der Waals surface area contributed by atoms with Gasteiger partial charge in [-0.15, -0.1) is 0 Å². The van der Waals surface area contributed by atoms with Gasteiger partial charge in [-0.2, -0.15) is 0 Å². The van der Waals surface area contributed by atoms with E-state index in [1.54, 1.807) is 29.4 Å². The molecule has 6 heteroatoms. The summed E-state index contributed by atoms with van der Waals surface area (Å²) in [5.41, 5.74) is 0.478. The highest BCUT2D eigenvalue weighted by atomic mass is 32.2. The van der Waals surface area contributed by atoms with E-state index >= 15 is 0 Å². The lowest BCUT2D eigenvalue weighted by Crippen LogP contribution is -2.32. The van der Waals surface area contributed by atoms with Crippen LogP contribution < -0.4 is 5.32 Å². The van der Waals surface area contributed by atoms with Crippen molar-refractivity contribution in [3.8, 4) is 0 Å². The highest BCUT2D eigenvalue weighted by Crippen LogP contribution is 2.24. The minimum absolute atomic E-state index is 0.0462. The van der Waals surface area contributed by atoms with Crippen LogP contribution in [0.5, 0.6) is 0 Å². The van der Waals surface area contributed by atoms with Crippen molar-refractivity contribution in [1.29, 1.82) is 0 Å². The molecule has 0 bridgehead atoms. The van der Waals surface area contributed by atoms with Crippen molar-refractivity contribution in [1.82, 2.24) is 10.2 Å². The van der Waals surface area contributed by atoms with E-state index in [4.69, 9.17) is 0 Å². The minimum atomic E-state index is -0.869. The fraction of sp³-hybridized carbons (Fsp3) is 0.462. The second kappa shape index (κ2) is 6.25. The van der Waals surface area contributed by atoms with Gasteiger partial charge in [0.25, 0.3) is 0 Å². The van der Waals surface area contributed by atoms with Crippen LogP contribution >= 0.6 is 0 Å². The second-order valence-electron chi connectivity index (χ2n) is 4.52. The van der Waals surface area contributed by atoms with Crippen molar-refractivity contribution < 1.29 is 13.4 Å². The Bertz CT molecular complexity index is 495. The Kier molecular flexibility index (Phi) is 4.66. The zero-order valence-electron chi connectivity index (χ0n) is 10.8. The number of amides is 1. The number of hydrogen-bond acceptors (Lipinski definition) is 3. The first-order valence-corrected chi connectivity index (χ1v) is 7.89. The molecule has 1 aliphatic rings. The van der Waals surface area contributed by atoms with Crippen LogP contribution in [0.15, 0.2) is 24.3 Å². The van der Waals surface area contributed by atoms with Gasteiger partial charge in [-0.25, -0.2) is 4.39 Å². The fourth-order valence-electron chi connectivity index (χ4n) is 2.21. The molecule has 0 radical (unpaired) electrons. The van der Waals surface area contributed by atoms with E-state index in [0.717, 1.165) is 0 Å². The average Bonchev–Trinajstić information content (AvgIpc) is 2.72. The van der Waals surface area contributed by atoms with Gasteiger partial charge in [-0.1, -0.05) is 18.2 Å². The zero-order chi connectivity index (χ0) is 13.8. The molecule has 1 fully saturated rings. The maximum Gasteiger partial charge on any atom is 0.238 e. The molecule has 2 rings (SSSR count). The van der Waals surface area contributed by atoms with Crippen LogP contribution in [-0.2, 0) is 15.6 Å². The molecule has 0 spiro atoms. The van der Waals surface area contributed by atoms with Crippen molar-refractivity contribution in [2.75, 3.05) is 25.1 Å². The average molecular weight is 284 g/mol. The van der Waals surface area contributed by atoms with Crippen LogP contribution in [0.1, 0.15) is 18.2 Å². The van der Waals surface area contributed by atoms with E-state index in [0.29, 0.717) is 24.3 Å². The molecular formula is C13H17FN2O2S. The third kappa shape index (κ3) is 3.39. The number of hydrogen-bond donors (Lipinski definition) is 1. The predicted molar refractivity (Wildman–Crippen MR) is 72.4 cm³/mol. The van der Waals surface area contributed by atoms with Crippen LogP contribution in [0, 0.1) is 5.82 Å². The number of nitrogens with one attached hydrogen (secondary N) is 1. The topological polar surface area (TPSA) is 49.4 Å². The normalized spacial score (nSPS) is 20.8. The van der Waals surface area contributed by atoms with E-state index in [1.165, 1.54) is 6.07 Å². The molecular weight excluding hydrogens is 267 g/mol. The van der Waals surface area contributed by atoms with Crippen LogP contribution in [0.3, 0.4) is 0 Å². The Morgan fingerprint density at radius 1 is 1.47 bits per heavy atom. The van der Waals surface area contributed by atoms with Gasteiger partial charge in [0.1, 0.15) is 12.0 Å². The molecule has 1 aromatic carbocycles. The fourth-order valence-corrected chi connectivity index (χ4v) is 2.74. The number of carbonyl (C=O) groups is 1. The summed E-state index contributed by atoms with van der Waals surface area (Å²) in [5, 5.41) is 3.01. The van der Waals surface area contributed by atoms with Gasteiger partial charge in [0, 0.05) is 34.9 Å². The van der Waals surface area contributed by atoms with Crippen molar-refractivity contribution in [2.45, 2.75) is 12.6 Å². The maximum atomic E-state index is 13.8. The zero-order valence-corrected chi connectivity index (χ0v) is 11.6. The largest absolute Gasteiger partial charge is 0.322 e. The van der Waals surface area contributed by atoms with Crippen molar-refractivity contribution in [3.05, 3.63) is 35.6 Å². The van der Waals surface area contributed by atoms with Crippen molar-refractivity contribution in [3.63, 3.8) is 0 Å². The van der Waals surface area contributed by atoms with Crippen LogP contribution in [0.2, 0.25) is 0 Å². The van der Waals surface area contributed by atoms with Gasteiger partial charge in [0.15, 0.2) is 0 Å². The minimum Gasteiger partial charge on any atom is -0.322 e. The summed E-state index contributed by atoms with van der Waals surface area (Å²) in [7, 11) is -0.869. The molecule has 19 heavy (non-hydrogen) atoms. The Morgan fingerprint density at radius 3 is 2.89 bits per heavy atom. The number of halogens is 1. The molecule has 4 nitrogen and oxygen atoms in total. The SMILES string of the molecule is CS(=O)CCCN1C(=O)CNC1c1ccccc1F. The number of nitrogens with zero attached hydrogens (tertiary/aromatic N) is 1. The van der Waals surface area contributed by atoms with Gasteiger partial charge in [0.05, 0.1) is 6.54 Å². The van der Waals surface area contributed by atoms with Crippen molar-refractivity contribution >= 4 is 16.7 Å². The highest BCUT2D eigenvalue weighted by molar-refractivity contribution is 7.84. The molecule has 1 N–H and O–H groups in total. The Hall–Kier alpha value is -1.27. The van der Waals surface area contributed by atoms with Crippen LogP contribution in [0.4, 0.5) is 4.39 Å². The monoisotopic (exact) mass is 284 g/mol. The molecule has 1 aromatic rings. The molecule has 1 heterocycles. The summed E-state index contributed by atoms with van der Waals surface area (Å²) >= 11 is 0. The molecule has 0 saturated carbocycles. The third-order valence-electron chi connectivity index (χ3n) is 3.11. The highest BCUT2D eigenvalue weighted by Gasteiger charge is 2.32. The van der Waals surface area contributed by atoms with Gasteiger partial charge in [-0.05, 0) is 12.5 Å². The van der Waals surface area contributed by atoms with E-state index in [2.05, 4.69) is 5.32 Å². The van der Waals surface area contributed by atoms with Crippen LogP contribution in [0.25, 0.3) is 0 Å². The lowest BCUT2D eigenvalue weighted by molar-refractivity contribution is -0.128. The Labute approximate surface area is 114 Å². The van der Waals surface area contributed by atoms with Gasteiger partial charge >= 0.3 is 0 Å². The summed E-state index contributed by atoms with van der Waals surface area (Å²) < 4.78 is 24.8. The first-order valence-electron chi connectivity index (χ1n) is 6.17. The smallest absolute Gasteiger partial charge is 0.238 e. The summed E-state index contributed by atoms with van der Waals surface area (Å²) in [6.45, 7) is 0.707. The van der Waals surface area contributed by atoms with E-state index in [9.17, 15) is 13.4 Å². The molecule has 2 unspecified atom stereocenters. The number of benzene rings is 1. The van der Waals surface area contributed by atoms with Crippen molar-refractivity contribution in [2.24, 2.45) is 0 Å². The summed E-state index contributed by atoms with van der Waals surface area (Å²) in [6, 6.07) is 6.44. The molecule has 2 atom stereocenters. The molecule has 104 valence electrons. The third-order valence-corrected chi connectivity index (χ3v) is 3.97. The summed E-state index contributed by atoms with van der Waals surface area (Å²) in [4.78, 5) is 13.4. The quantitative estimate of drug-likeness (QED) is 0.878. The Morgan fingerprint density at radius 2 is 2.21 bits per heavy atom. The van der Waals surface area contributed by atoms with E-state index in [-0.39, 0.29) is 18.3 Å².